The van der Waals surface area contributed by atoms with Crippen molar-refractivity contribution < 1.29 is 14.3 Å². The molecule has 1 atom stereocenters. The van der Waals surface area contributed by atoms with Crippen molar-refractivity contribution in [1.82, 2.24) is 9.88 Å². The van der Waals surface area contributed by atoms with Crippen molar-refractivity contribution in [1.29, 1.82) is 0 Å². The van der Waals surface area contributed by atoms with E-state index in [1.54, 1.807) is 6.07 Å². The quantitative estimate of drug-likeness (QED) is 0.914. The Balaban J connectivity index is 1.85. The molecule has 1 aliphatic rings. The van der Waals surface area contributed by atoms with E-state index >= 15 is 0 Å². The average Bonchev–Trinajstić information content (AvgIpc) is 2.78. The number of nitrogens with one attached hydrogen (secondary N) is 1. The van der Waals surface area contributed by atoms with Crippen LogP contribution in [0.4, 0.5) is 4.39 Å². The van der Waals surface area contributed by atoms with E-state index in [9.17, 15) is 14.3 Å². The Hall–Kier alpha value is -1.88. The molecular formula is C17H21FN2O2. The van der Waals surface area contributed by atoms with Gasteiger partial charge in [-0.2, -0.15) is 0 Å². The SMILES string of the molecule is CC1(C)CCC(C(=O)O)N(Cc2cc3ccc(F)cc3[nH]2)C1. The number of H-pyrrole nitrogens is 1. The Kier molecular flexibility index (Phi) is 3.68. The third-order valence-electron chi connectivity index (χ3n) is 4.47. The van der Waals surface area contributed by atoms with E-state index in [-0.39, 0.29) is 11.2 Å². The zero-order chi connectivity index (χ0) is 15.9. The van der Waals surface area contributed by atoms with Crippen molar-refractivity contribution in [3.63, 3.8) is 0 Å². The first kappa shape index (κ1) is 15.0. The molecule has 4 nitrogen and oxygen atoms in total. The second-order valence-electron chi connectivity index (χ2n) is 6.99. The number of carboxylic acids is 1. The van der Waals surface area contributed by atoms with E-state index in [1.807, 2.05) is 11.0 Å². The van der Waals surface area contributed by atoms with E-state index in [2.05, 4.69) is 18.8 Å². The number of aliphatic carboxylic acids is 1. The molecule has 0 aliphatic carbocycles. The summed E-state index contributed by atoms with van der Waals surface area (Å²) in [5, 5.41) is 10.4. The Bertz CT molecular complexity index is 708. The molecule has 1 unspecified atom stereocenters. The van der Waals surface area contributed by atoms with Gasteiger partial charge in [0.2, 0.25) is 0 Å². The van der Waals surface area contributed by atoms with Crippen LogP contribution >= 0.6 is 0 Å². The number of fused-ring (bicyclic) bond motifs is 1. The van der Waals surface area contributed by atoms with Crippen LogP contribution in [-0.4, -0.2) is 33.5 Å². The first-order valence-corrected chi connectivity index (χ1v) is 7.58. The van der Waals surface area contributed by atoms with E-state index < -0.39 is 12.0 Å². The average molecular weight is 304 g/mol. The lowest BCUT2D eigenvalue weighted by molar-refractivity contribution is -0.146. The van der Waals surface area contributed by atoms with Crippen LogP contribution in [0.25, 0.3) is 10.9 Å². The summed E-state index contributed by atoms with van der Waals surface area (Å²) in [6.45, 7) is 5.61. The molecule has 0 bridgehead atoms. The fourth-order valence-corrected chi connectivity index (χ4v) is 3.36. The summed E-state index contributed by atoms with van der Waals surface area (Å²) in [6.07, 6.45) is 1.58. The lowest BCUT2D eigenvalue weighted by Gasteiger charge is -2.41. The highest BCUT2D eigenvalue weighted by atomic mass is 19.1. The van der Waals surface area contributed by atoms with Crippen LogP contribution in [0.2, 0.25) is 0 Å². The number of rotatable bonds is 3. The zero-order valence-corrected chi connectivity index (χ0v) is 12.9. The lowest BCUT2D eigenvalue weighted by atomic mass is 9.81. The van der Waals surface area contributed by atoms with Crippen LogP contribution in [-0.2, 0) is 11.3 Å². The number of piperidine rings is 1. The minimum Gasteiger partial charge on any atom is -0.480 e. The maximum Gasteiger partial charge on any atom is 0.320 e. The molecule has 0 saturated carbocycles. The Morgan fingerprint density at radius 3 is 2.95 bits per heavy atom. The number of benzene rings is 1. The summed E-state index contributed by atoms with van der Waals surface area (Å²) in [5.41, 5.74) is 1.78. The third-order valence-corrected chi connectivity index (χ3v) is 4.47. The highest BCUT2D eigenvalue weighted by Gasteiger charge is 2.36. The molecule has 1 saturated heterocycles. The van der Waals surface area contributed by atoms with Crippen LogP contribution in [0, 0.1) is 11.2 Å². The van der Waals surface area contributed by atoms with Crippen LogP contribution < -0.4 is 0 Å². The summed E-state index contributed by atoms with van der Waals surface area (Å²) in [7, 11) is 0. The maximum atomic E-state index is 13.3. The van der Waals surface area contributed by atoms with E-state index in [1.165, 1.54) is 12.1 Å². The molecule has 1 aromatic carbocycles. The predicted octanol–water partition coefficient (Wildman–Crippen LogP) is 3.38. The molecule has 118 valence electrons. The van der Waals surface area contributed by atoms with Gasteiger partial charge in [-0.15, -0.1) is 0 Å². The second-order valence-corrected chi connectivity index (χ2v) is 6.99. The first-order chi connectivity index (χ1) is 10.3. The number of nitrogens with zero attached hydrogens (tertiary/aromatic N) is 1. The molecule has 2 aromatic rings. The topological polar surface area (TPSA) is 56.3 Å². The van der Waals surface area contributed by atoms with Gasteiger partial charge in [0.25, 0.3) is 0 Å². The molecule has 1 aromatic heterocycles. The highest BCUT2D eigenvalue weighted by Crippen LogP contribution is 2.33. The van der Waals surface area contributed by atoms with Crippen molar-refractivity contribution in [2.45, 2.75) is 39.3 Å². The van der Waals surface area contributed by atoms with Crippen LogP contribution in [0.1, 0.15) is 32.4 Å². The van der Waals surface area contributed by atoms with E-state index in [4.69, 9.17) is 0 Å². The molecule has 0 radical (unpaired) electrons. The molecule has 2 N–H and O–H groups in total. The molecule has 0 spiro atoms. The minimum atomic E-state index is -0.766. The molecule has 5 heteroatoms. The van der Waals surface area contributed by atoms with Crippen molar-refractivity contribution in [2.75, 3.05) is 6.54 Å². The molecule has 22 heavy (non-hydrogen) atoms. The van der Waals surface area contributed by atoms with Crippen molar-refractivity contribution in [2.24, 2.45) is 5.41 Å². The van der Waals surface area contributed by atoms with Gasteiger partial charge in [0, 0.05) is 24.3 Å². The normalized spacial score (nSPS) is 22.0. The van der Waals surface area contributed by atoms with Crippen molar-refractivity contribution >= 4 is 16.9 Å². The van der Waals surface area contributed by atoms with Gasteiger partial charge in [0.1, 0.15) is 11.9 Å². The van der Waals surface area contributed by atoms with Gasteiger partial charge in [-0.1, -0.05) is 13.8 Å². The number of aromatic nitrogens is 1. The standard InChI is InChI=1S/C17H21FN2O2/c1-17(2)6-5-15(16(21)22)20(10-17)9-13-7-11-3-4-12(18)8-14(11)19-13/h3-4,7-8,15,19H,5-6,9-10H2,1-2H3,(H,21,22). The minimum absolute atomic E-state index is 0.115. The number of hydrogen-bond donors (Lipinski definition) is 2. The lowest BCUT2D eigenvalue weighted by Crippen LogP contribution is -2.49. The number of carbonyl (C=O) groups is 1. The van der Waals surface area contributed by atoms with E-state index in [0.717, 1.165) is 29.6 Å². The van der Waals surface area contributed by atoms with E-state index in [0.29, 0.717) is 13.0 Å². The largest absolute Gasteiger partial charge is 0.480 e. The van der Waals surface area contributed by atoms with Gasteiger partial charge in [0.05, 0.1) is 0 Å². The number of carboxylic acid groups (broad SMARTS) is 1. The van der Waals surface area contributed by atoms with Crippen molar-refractivity contribution in [3.05, 3.63) is 35.8 Å². The van der Waals surface area contributed by atoms with Gasteiger partial charge in [-0.3, -0.25) is 9.69 Å². The van der Waals surface area contributed by atoms with Gasteiger partial charge < -0.3 is 10.1 Å². The molecular weight excluding hydrogens is 283 g/mol. The molecule has 1 fully saturated rings. The van der Waals surface area contributed by atoms with Crippen molar-refractivity contribution in [3.8, 4) is 0 Å². The first-order valence-electron chi connectivity index (χ1n) is 7.58. The van der Waals surface area contributed by atoms with Crippen LogP contribution in [0.15, 0.2) is 24.3 Å². The fourth-order valence-electron chi connectivity index (χ4n) is 3.36. The third kappa shape index (κ3) is 2.99. The Morgan fingerprint density at radius 1 is 1.45 bits per heavy atom. The summed E-state index contributed by atoms with van der Waals surface area (Å²) in [5.74, 6) is -1.04. The molecule has 1 aliphatic heterocycles. The predicted molar refractivity (Wildman–Crippen MR) is 83.1 cm³/mol. The van der Waals surface area contributed by atoms with Gasteiger partial charge in [0.15, 0.2) is 0 Å². The van der Waals surface area contributed by atoms with Gasteiger partial charge in [-0.25, -0.2) is 4.39 Å². The molecule has 0 amide bonds. The van der Waals surface area contributed by atoms with Crippen LogP contribution in [0.5, 0.6) is 0 Å². The summed E-state index contributed by atoms with van der Waals surface area (Å²) >= 11 is 0. The number of likely N-dealkylation sites (tertiary alicyclic amines) is 1. The summed E-state index contributed by atoms with van der Waals surface area (Å²) in [6, 6.07) is 6.16. The second kappa shape index (κ2) is 5.39. The molecule has 2 heterocycles. The monoisotopic (exact) mass is 304 g/mol. The van der Waals surface area contributed by atoms with Gasteiger partial charge in [-0.05, 0) is 47.9 Å². The van der Waals surface area contributed by atoms with Gasteiger partial charge >= 0.3 is 5.97 Å². The Morgan fingerprint density at radius 2 is 2.23 bits per heavy atom. The fraction of sp³-hybridized carbons (Fsp3) is 0.471. The molecule has 3 rings (SSSR count). The highest BCUT2D eigenvalue weighted by molar-refractivity contribution is 5.80. The Labute approximate surface area is 128 Å². The summed E-state index contributed by atoms with van der Waals surface area (Å²) in [4.78, 5) is 16.7. The summed E-state index contributed by atoms with van der Waals surface area (Å²) < 4.78 is 13.3. The number of halogens is 1. The zero-order valence-electron chi connectivity index (χ0n) is 12.9. The number of aromatic amines is 1. The maximum absolute atomic E-state index is 13.3. The smallest absolute Gasteiger partial charge is 0.320 e. The van der Waals surface area contributed by atoms with Crippen LogP contribution in [0.3, 0.4) is 0 Å². The number of hydrogen-bond acceptors (Lipinski definition) is 2.